The number of alkyl halides is 1. The first-order valence-corrected chi connectivity index (χ1v) is 4.78. The molecule has 2 aromatic rings. The molecule has 0 saturated carbocycles. The van der Waals surface area contributed by atoms with Gasteiger partial charge in [0, 0.05) is 22.7 Å². The van der Waals surface area contributed by atoms with Gasteiger partial charge in [-0.1, -0.05) is 12.1 Å². The normalized spacial score (nSPS) is 15.1. The van der Waals surface area contributed by atoms with Crippen LogP contribution in [0.25, 0.3) is 10.9 Å². The third-order valence-corrected chi connectivity index (χ3v) is 2.59. The monoisotopic (exact) mass is 205 g/mol. The number of benzene rings is 1. The van der Waals surface area contributed by atoms with Gasteiger partial charge in [-0.2, -0.15) is 0 Å². The van der Waals surface area contributed by atoms with Gasteiger partial charge in [0.2, 0.25) is 0 Å². The van der Waals surface area contributed by atoms with Crippen molar-refractivity contribution in [3.8, 4) is 0 Å². The summed E-state index contributed by atoms with van der Waals surface area (Å²) in [5.41, 5.74) is 0.429. The Morgan fingerprint density at radius 1 is 1.47 bits per heavy atom. The van der Waals surface area contributed by atoms with Gasteiger partial charge in [-0.05, 0) is 25.5 Å². The summed E-state index contributed by atoms with van der Waals surface area (Å²) in [6.45, 7) is 3.23. The second kappa shape index (κ2) is 3.19. The standard InChI is InChI=1S/C12H12FNO/c1-8-3-4-9-10(12(2,13)7-15)6-14-11(9)5-8/h3-7,14H,1-2H3. The van der Waals surface area contributed by atoms with E-state index in [9.17, 15) is 9.18 Å². The van der Waals surface area contributed by atoms with E-state index in [1.54, 1.807) is 6.20 Å². The molecule has 1 aromatic carbocycles. The van der Waals surface area contributed by atoms with E-state index in [-0.39, 0.29) is 0 Å². The molecule has 15 heavy (non-hydrogen) atoms. The van der Waals surface area contributed by atoms with Gasteiger partial charge in [-0.15, -0.1) is 0 Å². The van der Waals surface area contributed by atoms with Crippen molar-refractivity contribution in [2.24, 2.45) is 0 Å². The molecule has 1 atom stereocenters. The summed E-state index contributed by atoms with van der Waals surface area (Å²) in [6.07, 6.45) is 1.88. The average Bonchev–Trinajstić information content (AvgIpc) is 2.61. The van der Waals surface area contributed by atoms with Gasteiger partial charge in [0.15, 0.2) is 12.0 Å². The van der Waals surface area contributed by atoms with Crippen LogP contribution < -0.4 is 0 Å². The molecule has 0 amide bonds. The summed E-state index contributed by atoms with van der Waals surface area (Å²) in [5.74, 6) is 0. The minimum absolute atomic E-state index is 0.329. The Bertz CT molecular complexity index is 513. The van der Waals surface area contributed by atoms with Crippen molar-refractivity contribution >= 4 is 17.2 Å². The molecule has 0 radical (unpaired) electrons. The van der Waals surface area contributed by atoms with E-state index in [1.165, 1.54) is 6.92 Å². The first kappa shape index (κ1) is 9.90. The largest absolute Gasteiger partial charge is 0.361 e. The molecular weight excluding hydrogens is 193 g/mol. The minimum Gasteiger partial charge on any atom is -0.361 e. The van der Waals surface area contributed by atoms with Crippen LogP contribution in [-0.2, 0) is 10.5 Å². The fourth-order valence-electron chi connectivity index (χ4n) is 1.71. The third kappa shape index (κ3) is 1.54. The quantitative estimate of drug-likeness (QED) is 0.751. The van der Waals surface area contributed by atoms with Gasteiger partial charge in [0.1, 0.15) is 0 Å². The van der Waals surface area contributed by atoms with Crippen LogP contribution in [0, 0.1) is 6.92 Å². The average molecular weight is 205 g/mol. The number of carbonyl (C=O) groups excluding carboxylic acids is 1. The van der Waals surface area contributed by atoms with Crippen LogP contribution in [0.4, 0.5) is 4.39 Å². The molecule has 0 bridgehead atoms. The molecule has 1 aromatic heterocycles. The molecule has 3 heteroatoms. The van der Waals surface area contributed by atoms with E-state index < -0.39 is 5.67 Å². The maximum absolute atomic E-state index is 13.8. The van der Waals surface area contributed by atoms with Gasteiger partial charge in [0.25, 0.3) is 0 Å². The van der Waals surface area contributed by atoms with Crippen LogP contribution in [-0.4, -0.2) is 11.3 Å². The maximum atomic E-state index is 13.8. The lowest BCUT2D eigenvalue weighted by Gasteiger charge is -2.11. The van der Waals surface area contributed by atoms with E-state index in [2.05, 4.69) is 4.98 Å². The van der Waals surface area contributed by atoms with Gasteiger partial charge in [0.05, 0.1) is 0 Å². The number of rotatable bonds is 2. The Labute approximate surface area is 87.1 Å². The number of aldehydes is 1. The van der Waals surface area contributed by atoms with Crippen LogP contribution in [0.15, 0.2) is 24.4 Å². The first-order valence-electron chi connectivity index (χ1n) is 4.78. The number of hydrogen-bond acceptors (Lipinski definition) is 1. The van der Waals surface area contributed by atoms with Crippen molar-refractivity contribution in [1.29, 1.82) is 0 Å². The number of aromatic nitrogens is 1. The molecule has 1 N–H and O–H groups in total. The highest BCUT2D eigenvalue weighted by Gasteiger charge is 2.27. The number of hydrogen-bond donors (Lipinski definition) is 1. The first-order chi connectivity index (χ1) is 7.04. The molecular formula is C12H12FNO. The van der Waals surface area contributed by atoms with Gasteiger partial charge >= 0.3 is 0 Å². The number of fused-ring (bicyclic) bond motifs is 1. The van der Waals surface area contributed by atoms with Gasteiger partial charge < -0.3 is 4.98 Å². The number of halogens is 1. The topological polar surface area (TPSA) is 32.9 Å². The molecule has 0 aliphatic rings. The minimum atomic E-state index is -1.92. The van der Waals surface area contributed by atoms with Crippen LogP contribution in [0.5, 0.6) is 0 Å². The predicted octanol–water partition coefficient (Wildman–Crippen LogP) is 2.86. The zero-order valence-corrected chi connectivity index (χ0v) is 8.67. The Balaban J connectivity index is 2.69. The van der Waals surface area contributed by atoms with Crippen LogP contribution in [0.3, 0.4) is 0 Å². The van der Waals surface area contributed by atoms with E-state index >= 15 is 0 Å². The van der Waals surface area contributed by atoms with Crippen molar-refractivity contribution in [1.82, 2.24) is 4.98 Å². The predicted molar refractivity (Wildman–Crippen MR) is 57.6 cm³/mol. The summed E-state index contributed by atoms with van der Waals surface area (Å²) in [5, 5.41) is 0.762. The van der Waals surface area contributed by atoms with Crippen LogP contribution in [0.1, 0.15) is 18.1 Å². The molecule has 2 rings (SSSR count). The lowest BCUT2D eigenvalue weighted by molar-refractivity contribution is -0.117. The van der Waals surface area contributed by atoms with Crippen molar-refractivity contribution in [2.45, 2.75) is 19.5 Å². The lowest BCUT2D eigenvalue weighted by Crippen LogP contribution is -2.15. The van der Waals surface area contributed by atoms with E-state index in [0.29, 0.717) is 11.8 Å². The lowest BCUT2D eigenvalue weighted by atomic mass is 9.98. The Hall–Kier alpha value is -1.64. The molecule has 0 saturated heterocycles. The molecule has 1 heterocycles. The van der Waals surface area contributed by atoms with Crippen molar-refractivity contribution in [2.75, 3.05) is 0 Å². The highest BCUT2D eigenvalue weighted by atomic mass is 19.1. The molecule has 0 aliphatic heterocycles. The van der Waals surface area contributed by atoms with Gasteiger partial charge in [-0.3, -0.25) is 4.79 Å². The summed E-state index contributed by atoms with van der Waals surface area (Å²) in [4.78, 5) is 13.6. The summed E-state index contributed by atoms with van der Waals surface area (Å²) < 4.78 is 13.8. The van der Waals surface area contributed by atoms with E-state index in [4.69, 9.17) is 0 Å². The Morgan fingerprint density at radius 3 is 2.87 bits per heavy atom. The smallest absolute Gasteiger partial charge is 0.190 e. The number of aryl methyl sites for hydroxylation is 1. The fourth-order valence-corrected chi connectivity index (χ4v) is 1.71. The fraction of sp³-hybridized carbons (Fsp3) is 0.250. The van der Waals surface area contributed by atoms with Crippen LogP contribution in [0.2, 0.25) is 0 Å². The number of nitrogens with one attached hydrogen (secondary N) is 1. The van der Waals surface area contributed by atoms with Gasteiger partial charge in [-0.25, -0.2) is 4.39 Å². The van der Waals surface area contributed by atoms with Crippen molar-refractivity contribution in [3.05, 3.63) is 35.5 Å². The molecule has 1 unspecified atom stereocenters. The Morgan fingerprint density at radius 2 is 2.20 bits per heavy atom. The number of H-pyrrole nitrogens is 1. The van der Waals surface area contributed by atoms with Crippen molar-refractivity contribution < 1.29 is 9.18 Å². The molecule has 78 valence electrons. The maximum Gasteiger partial charge on any atom is 0.190 e. The summed E-state index contributed by atoms with van der Waals surface area (Å²) in [6, 6.07) is 5.66. The van der Waals surface area contributed by atoms with Crippen molar-refractivity contribution in [3.63, 3.8) is 0 Å². The molecule has 0 aliphatic carbocycles. The molecule has 0 spiro atoms. The SMILES string of the molecule is Cc1ccc2c(C(C)(F)C=O)c[nH]c2c1. The third-order valence-electron chi connectivity index (χ3n) is 2.59. The summed E-state index contributed by atoms with van der Waals surface area (Å²) in [7, 11) is 0. The second-order valence-electron chi connectivity index (χ2n) is 3.94. The zero-order valence-electron chi connectivity index (χ0n) is 8.67. The van der Waals surface area contributed by atoms with Crippen LogP contribution >= 0.6 is 0 Å². The summed E-state index contributed by atoms with van der Waals surface area (Å²) >= 11 is 0. The van der Waals surface area contributed by atoms with E-state index in [0.717, 1.165) is 16.5 Å². The highest BCUT2D eigenvalue weighted by molar-refractivity contribution is 5.88. The zero-order chi connectivity index (χ0) is 11.1. The Kier molecular flexibility index (Phi) is 2.11. The number of aromatic amines is 1. The molecule has 2 nitrogen and oxygen atoms in total. The van der Waals surface area contributed by atoms with E-state index in [1.807, 2.05) is 25.1 Å². The number of carbonyl (C=O) groups is 1. The molecule has 0 fully saturated rings. The highest BCUT2D eigenvalue weighted by Crippen LogP contribution is 2.30. The second-order valence-corrected chi connectivity index (χ2v) is 3.94.